The number of benzene rings is 2. The summed E-state index contributed by atoms with van der Waals surface area (Å²) in [6.07, 6.45) is -4.42. The second kappa shape index (κ2) is 7.40. The Morgan fingerprint density at radius 3 is 2.30 bits per heavy atom. The molecule has 9 heteroatoms. The number of amides is 2. The molecule has 0 bridgehead atoms. The minimum absolute atomic E-state index is 0.232. The van der Waals surface area contributed by atoms with E-state index in [0.29, 0.717) is 17.3 Å². The molecule has 6 nitrogen and oxygen atoms in total. The van der Waals surface area contributed by atoms with Gasteiger partial charge in [0.1, 0.15) is 11.6 Å². The highest BCUT2D eigenvalue weighted by Gasteiger charge is 2.29. The second-order valence-corrected chi connectivity index (χ2v) is 5.55. The number of nitrogens with one attached hydrogen (secondary N) is 3. The third-order valence-electron chi connectivity index (χ3n) is 3.68. The fourth-order valence-electron chi connectivity index (χ4n) is 2.32. The molecule has 0 aliphatic rings. The van der Waals surface area contributed by atoms with Crippen LogP contribution in [0.4, 0.5) is 29.5 Å². The molecule has 0 atom stereocenters. The van der Waals surface area contributed by atoms with Crippen molar-refractivity contribution in [1.29, 1.82) is 0 Å². The van der Waals surface area contributed by atoms with Crippen LogP contribution in [0.2, 0.25) is 0 Å². The van der Waals surface area contributed by atoms with Crippen LogP contribution in [-0.4, -0.2) is 23.3 Å². The molecule has 2 amide bonds. The second-order valence-electron chi connectivity index (χ2n) is 5.55. The summed E-state index contributed by atoms with van der Waals surface area (Å²) in [5, 5.41) is 11.8. The normalized spacial score (nSPS) is 11.1. The van der Waals surface area contributed by atoms with Gasteiger partial charge in [0.2, 0.25) is 0 Å². The zero-order chi connectivity index (χ0) is 19.4. The molecule has 0 fully saturated rings. The summed E-state index contributed by atoms with van der Waals surface area (Å²) in [5.41, 5.74) is 0.882. The van der Waals surface area contributed by atoms with Crippen molar-refractivity contribution in [2.45, 2.75) is 6.18 Å². The van der Waals surface area contributed by atoms with Crippen molar-refractivity contribution in [3.63, 3.8) is 0 Å². The summed E-state index contributed by atoms with van der Waals surface area (Å²) in [7, 11) is 1.57. The van der Waals surface area contributed by atoms with E-state index < -0.39 is 17.8 Å². The van der Waals surface area contributed by atoms with Crippen LogP contribution >= 0.6 is 0 Å². The van der Waals surface area contributed by atoms with Crippen molar-refractivity contribution >= 4 is 17.5 Å². The Labute approximate surface area is 152 Å². The van der Waals surface area contributed by atoms with Gasteiger partial charge in [-0.1, -0.05) is 0 Å². The molecule has 0 aliphatic carbocycles. The van der Waals surface area contributed by atoms with Crippen LogP contribution < -0.4 is 15.4 Å². The minimum atomic E-state index is -4.42. The lowest BCUT2D eigenvalue weighted by atomic mass is 10.1. The summed E-state index contributed by atoms with van der Waals surface area (Å²) >= 11 is 0. The maximum absolute atomic E-state index is 12.5. The smallest absolute Gasteiger partial charge is 0.416 e. The van der Waals surface area contributed by atoms with Crippen molar-refractivity contribution in [3.05, 3.63) is 60.2 Å². The summed E-state index contributed by atoms with van der Waals surface area (Å²) in [6, 6.07) is 12.4. The lowest BCUT2D eigenvalue weighted by Gasteiger charge is -2.09. The summed E-state index contributed by atoms with van der Waals surface area (Å²) in [6.45, 7) is 0. The van der Waals surface area contributed by atoms with Gasteiger partial charge in [-0.2, -0.15) is 18.3 Å². The number of carbonyl (C=O) groups is 1. The molecule has 0 radical (unpaired) electrons. The Morgan fingerprint density at radius 1 is 1.04 bits per heavy atom. The van der Waals surface area contributed by atoms with Crippen molar-refractivity contribution in [3.8, 4) is 17.0 Å². The van der Waals surface area contributed by atoms with Gasteiger partial charge in [-0.15, -0.1) is 0 Å². The van der Waals surface area contributed by atoms with E-state index >= 15 is 0 Å². The van der Waals surface area contributed by atoms with Gasteiger partial charge in [-0.25, -0.2) is 4.79 Å². The molecule has 0 unspecified atom stereocenters. The van der Waals surface area contributed by atoms with Gasteiger partial charge < -0.3 is 10.1 Å². The average Bonchev–Trinajstić information content (AvgIpc) is 3.09. The number of anilines is 2. The zero-order valence-corrected chi connectivity index (χ0v) is 14.1. The number of hydrogen-bond donors (Lipinski definition) is 3. The van der Waals surface area contributed by atoms with Gasteiger partial charge in [0.15, 0.2) is 0 Å². The van der Waals surface area contributed by atoms with Crippen LogP contribution in [0.5, 0.6) is 5.75 Å². The molecule has 1 aromatic heterocycles. The third kappa shape index (κ3) is 4.57. The van der Waals surface area contributed by atoms with E-state index in [1.54, 1.807) is 25.3 Å². The fourth-order valence-corrected chi connectivity index (χ4v) is 2.32. The van der Waals surface area contributed by atoms with Crippen LogP contribution in [0.3, 0.4) is 0 Å². The number of hydrogen-bond acceptors (Lipinski definition) is 3. The number of ether oxygens (including phenoxy) is 1. The molecule has 140 valence electrons. The Morgan fingerprint density at radius 2 is 1.70 bits per heavy atom. The first-order valence-electron chi connectivity index (χ1n) is 7.80. The Balaban J connectivity index is 1.62. The number of urea groups is 1. The Bertz CT molecular complexity index is 919. The summed E-state index contributed by atoms with van der Waals surface area (Å²) < 4.78 is 42.7. The summed E-state index contributed by atoms with van der Waals surface area (Å²) in [4.78, 5) is 12.0. The van der Waals surface area contributed by atoms with Crippen LogP contribution in [0.1, 0.15) is 5.56 Å². The van der Waals surface area contributed by atoms with E-state index in [2.05, 4.69) is 20.8 Å². The monoisotopic (exact) mass is 376 g/mol. The molecule has 0 aliphatic heterocycles. The standard InChI is InChI=1S/C18H15F3N4O2/c1-27-14-8-2-11(3-9-14)15-10-16(25-24-15)23-17(26)22-13-6-4-12(5-7-13)18(19,20)21/h2-10H,1H3,(H3,22,23,24,25,26). The number of methoxy groups -OCH3 is 1. The van der Waals surface area contributed by atoms with Gasteiger partial charge in [0.25, 0.3) is 0 Å². The van der Waals surface area contributed by atoms with Gasteiger partial charge in [-0.3, -0.25) is 10.4 Å². The maximum atomic E-state index is 12.5. The fraction of sp³-hybridized carbons (Fsp3) is 0.111. The number of carbonyl (C=O) groups excluding carboxylic acids is 1. The molecule has 3 aromatic rings. The first kappa shape index (κ1) is 18.3. The van der Waals surface area contributed by atoms with Crippen LogP contribution in [0.25, 0.3) is 11.3 Å². The van der Waals surface area contributed by atoms with Crippen molar-refractivity contribution in [1.82, 2.24) is 10.2 Å². The molecule has 3 rings (SSSR count). The minimum Gasteiger partial charge on any atom is -0.497 e. The highest BCUT2D eigenvalue weighted by molar-refractivity contribution is 5.99. The SMILES string of the molecule is COc1ccc(-c2cc(NC(=O)Nc3ccc(C(F)(F)F)cc3)[nH]n2)cc1. The van der Waals surface area contributed by atoms with E-state index in [-0.39, 0.29) is 5.69 Å². The maximum Gasteiger partial charge on any atom is 0.416 e. The molecular weight excluding hydrogens is 361 g/mol. The number of alkyl halides is 3. The third-order valence-corrected chi connectivity index (χ3v) is 3.68. The van der Waals surface area contributed by atoms with E-state index in [9.17, 15) is 18.0 Å². The number of aromatic nitrogens is 2. The van der Waals surface area contributed by atoms with Crippen molar-refractivity contribution in [2.75, 3.05) is 17.7 Å². The molecular formula is C18H15F3N4O2. The molecule has 2 aromatic carbocycles. The number of H-pyrrole nitrogens is 1. The van der Waals surface area contributed by atoms with Crippen molar-refractivity contribution < 1.29 is 22.7 Å². The molecule has 0 saturated heterocycles. The average molecular weight is 376 g/mol. The highest BCUT2D eigenvalue weighted by Crippen LogP contribution is 2.30. The molecule has 27 heavy (non-hydrogen) atoms. The van der Waals surface area contributed by atoms with Crippen LogP contribution in [0.15, 0.2) is 54.6 Å². The van der Waals surface area contributed by atoms with Gasteiger partial charge in [0.05, 0.1) is 18.4 Å². The first-order chi connectivity index (χ1) is 12.8. The molecule has 3 N–H and O–H groups in total. The highest BCUT2D eigenvalue weighted by atomic mass is 19.4. The van der Waals surface area contributed by atoms with Gasteiger partial charge >= 0.3 is 12.2 Å². The lowest BCUT2D eigenvalue weighted by Crippen LogP contribution is -2.19. The zero-order valence-electron chi connectivity index (χ0n) is 14.1. The van der Waals surface area contributed by atoms with Crippen LogP contribution in [-0.2, 0) is 6.18 Å². The lowest BCUT2D eigenvalue weighted by molar-refractivity contribution is -0.137. The molecule has 1 heterocycles. The van der Waals surface area contributed by atoms with E-state index in [4.69, 9.17) is 4.74 Å². The van der Waals surface area contributed by atoms with Crippen molar-refractivity contribution in [2.24, 2.45) is 0 Å². The van der Waals surface area contributed by atoms with Crippen LogP contribution in [0, 0.1) is 0 Å². The topological polar surface area (TPSA) is 79.0 Å². The predicted molar refractivity (Wildman–Crippen MR) is 94.7 cm³/mol. The van der Waals surface area contributed by atoms with E-state index in [0.717, 1.165) is 17.7 Å². The summed E-state index contributed by atoms with van der Waals surface area (Å²) in [5.74, 6) is 1.05. The number of nitrogens with zero attached hydrogens (tertiary/aromatic N) is 1. The van der Waals surface area contributed by atoms with Gasteiger partial charge in [-0.05, 0) is 48.5 Å². The predicted octanol–water partition coefficient (Wildman–Crippen LogP) is 4.75. The Kier molecular flexibility index (Phi) is 5.02. The number of aromatic amines is 1. The quantitative estimate of drug-likeness (QED) is 0.615. The van der Waals surface area contributed by atoms with Gasteiger partial charge in [0, 0.05) is 17.3 Å². The largest absolute Gasteiger partial charge is 0.497 e. The van der Waals surface area contributed by atoms with E-state index in [1.165, 1.54) is 12.1 Å². The van der Waals surface area contributed by atoms with E-state index in [1.807, 2.05) is 12.1 Å². The number of halogens is 3. The molecule has 0 spiro atoms. The first-order valence-corrected chi connectivity index (χ1v) is 7.80. The Hall–Kier alpha value is -3.49. The number of rotatable bonds is 4. The molecule has 0 saturated carbocycles.